The van der Waals surface area contributed by atoms with Crippen LogP contribution in [0.15, 0.2) is 47.6 Å². The lowest BCUT2D eigenvalue weighted by molar-refractivity contribution is 0.450. The molecule has 27 heavy (non-hydrogen) atoms. The Bertz CT molecular complexity index is 758. The highest BCUT2D eigenvalue weighted by Gasteiger charge is 2.16. The average Bonchev–Trinajstić information content (AvgIpc) is 2.63. The van der Waals surface area contributed by atoms with E-state index in [2.05, 4.69) is 40.7 Å². The van der Waals surface area contributed by atoms with Crippen LogP contribution < -0.4 is 15.4 Å². The molecule has 0 fully saturated rings. The summed E-state index contributed by atoms with van der Waals surface area (Å²) >= 11 is 1.79. The molecular weight excluding hydrogens is 478 g/mol. The monoisotopic (exact) mass is 504 g/mol. The van der Waals surface area contributed by atoms with E-state index in [1.807, 2.05) is 12.1 Å². The first kappa shape index (κ1) is 23.5. The first-order valence-corrected chi connectivity index (χ1v) is 9.53. The summed E-state index contributed by atoms with van der Waals surface area (Å²) in [5, 5.41) is 6.57. The minimum Gasteiger partial charge on any atom is -0.439 e. The van der Waals surface area contributed by atoms with E-state index in [4.69, 9.17) is 4.74 Å². The van der Waals surface area contributed by atoms with E-state index in [9.17, 15) is 4.39 Å². The van der Waals surface area contributed by atoms with E-state index in [0.717, 1.165) is 12.1 Å². The molecule has 8 heteroatoms. The molecule has 0 radical (unpaired) electrons. The lowest BCUT2D eigenvalue weighted by atomic mass is 10.2. The Morgan fingerprint density at radius 2 is 2.04 bits per heavy atom. The summed E-state index contributed by atoms with van der Waals surface area (Å²) in [6.07, 6.45) is 3.73. The maximum absolute atomic E-state index is 13.3. The van der Waals surface area contributed by atoms with E-state index in [-0.39, 0.29) is 34.5 Å². The van der Waals surface area contributed by atoms with Crippen molar-refractivity contribution in [2.75, 3.05) is 19.8 Å². The molecule has 5 nitrogen and oxygen atoms in total. The lowest BCUT2D eigenvalue weighted by Gasteiger charge is -2.23. The zero-order chi connectivity index (χ0) is 19.0. The molecular formula is C19H26FIN4OS. The Morgan fingerprint density at radius 3 is 2.70 bits per heavy atom. The number of ether oxygens (including phenoxy) is 1. The van der Waals surface area contributed by atoms with Crippen LogP contribution in [0.5, 0.6) is 11.6 Å². The molecule has 0 atom stereocenters. The van der Waals surface area contributed by atoms with Crippen LogP contribution in [0.4, 0.5) is 4.39 Å². The molecule has 0 bridgehead atoms. The van der Waals surface area contributed by atoms with Gasteiger partial charge in [-0.25, -0.2) is 9.37 Å². The van der Waals surface area contributed by atoms with Crippen LogP contribution in [0, 0.1) is 5.82 Å². The fourth-order valence-electron chi connectivity index (χ4n) is 2.06. The molecule has 0 saturated carbocycles. The van der Waals surface area contributed by atoms with Gasteiger partial charge in [0.25, 0.3) is 0 Å². The number of pyridine rings is 1. The van der Waals surface area contributed by atoms with Crippen LogP contribution in [0.2, 0.25) is 0 Å². The minimum atomic E-state index is -0.348. The van der Waals surface area contributed by atoms with Crippen molar-refractivity contribution in [3.05, 3.63) is 54.0 Å². The number of rotatable bonds is 7. The SMILES string of the molecule is CN=C(NCc1cccnc1Oc1cccc(F)c1)NCC(C)(C)SC.I. The number of aromatic nitrogens is 1. The van der Waals surface area contributed by atoms with Crippen LogP contribution in [0.1, 0.15) is 19.4 Å². The minimum absolute atomic E-state index is 0. The first-order chi connectivity index (χ1) is 12.4. The van der Waals surface area contributed by atoms with E-state index in [0.29, 0.717) is 24.1 Å². The third-order valence-electron chi connectivity index (χ3n) is 3.76. The van der Waals surface area contributed by atoms with Crippen LogP contribution in [0.25, 0.3) is 0 Å². The second-order valence-corrected chi connectivity index (χ2v) is 7.78. The van der Waals surface area contributed by atoms with Crippen molar-refractivity contribution in [1.29, 1.82) is 0 Å². The molecule has 0 amide bonds. The van der Waals surface area contributed by atoms with Gasteiger partial charge in [0.05, 0.1) is 0 Å². The molecule has 0 aliphatic carbocycles. The molecule has 1 aromatic carbocycles. The van der Waals surface area contributed by atoms with Crippen molar-refractivity contribution in [1.82, 2.24) is 15.6 Å². The number of nitrogens with zero attached hydrogens (tertiary/aromatic N) is 2. The van der Waals surface area contributed by atoms with Gasteiger partial charge in [-0.15, -0.1) is 24.0 Å². The number of aliphatic imine (C=N–C) groups is 1. The average molecular weight is 504 g/mol. The molecule has 1 heterocycles. The van der Waals surface area contributed by atoms with Gasteiger partial charge in [-0.3, -0.25) is 4.99 Å². The molecule has 2 aromatic rings. The number of guanidine groups is 1. The van der Waals surface area contributed by atoms with Gasteiger partial charge in [0.15, 0.2) is 5.96 Å². The number of nitrogens with one attached hydrogen (secondary N) is 2. The number of halogens is 2. The van der Waals surface area contributed by atoms with Gasteiger partial charge < -0.3 is 15.4 Å². The van der Waals surface area contributed by atoms with Crippen LogP contribution in [-0.2, 0) is 6.54 Å². The largest absolute Gasteiger partial charge is 0.439 e. The highest BCUT2D eigenvalue weighted by Crippen LogP contribution is 2.23. The highest BCUT2D eigenvalue weighted by atomic mass is 127. The molecule has 0 saturated heterocycles. The number of hydrogen-bond donors (Lipinski definition) is 2. The molecule has 0 aliphatic heterocycles. The summed E-state index contributed by atoms with van der Waals surface area (Å²) in [5.74, 6) is 1.20. The maximum Gasteiger partial charge on any atom is 0.224 e. The Hall–Kier alpha value is -1.55. The predicted molar refractivity (Wildman–Crippen MR) is 122 cm³/mol. The molecule has 0 unspecified atom stereocenters. The van der Waals surface area contributed by atoms with Gasteiger partial charge in [-0.2, -0.15) is 11.8 Å². The second-order valence-electron chi connectivity index (χ2n) is 6.27. The quantitative estimate of drug-likeness (QED) is 0.332. The Balaban J connectivity index is 0.00000364. The standard InChI is InChI=1S/C19H25FN4OS.HI/c1-19(2,26-4)13-24-18(21-3)23-12-14-7-6-10-22-17(14)25-16-9-5-8-15(20)11-16;/h5-11H,12-13H2,1-4H3,(H2,21,23,24);1H. The first-order valence-electron chi connectivity index (χ1n) is 8.30. The van der Waals surface area contributed by atoms with Crippen LogP contribution in [0.3, 0.4) is 0 Å². The highest BCUT2D eigenvalue weighted by molar-refractivity contribution is 14.0. The summed E-state index contributed by atoms with van der Waals surface area (Å²) in [5.41, 5.74) is 0.851. The zero-order valence-corrected chi connectivity index (χ0v) is 19.1. The summed E-state index contributed by atoms with van der Waals surface area (Å²) in [6.45, 7) is 5.61. The Morgan fingerprint density at radius 1 is 1.26 bits per heavy atom. The Labute approximate surface area is 181 Å². The Kier molecular flexibility index (Phi) is 9.86. The van der Waals surface area contributed by atoms with Gasteiger partial charge in [-0.1, -0.05) is 12.1 Å². The molecule has 2 rings (SSSR count). The van der Waals surface area contributed by atoms with Crippen molar-refractivity contribution in [3.8, 4) is 11.6 Å². The lowest BCUT2D eigenvalue weighted by Crippen LogP contribution is -2.43. The molecule has 1 aromatic heterocycles. The molecule has 0 aliphatic rings. The molecule has 2 N–H and O–H groups in total. The number of thioether (sulfide) groups is 1. The third kappa shape index (κ3) is 7.92. The summed E-state index contributed by atoms with van der Waals surface area (Å²) < 4.78 is 19.2. The van der Waals surface area contributed by atoms with Crippen molar-refractivity contribution < 1.29 is 9.13 Å². The number of hydrogen-bond acceptors (Lipinski definition) is 4. The maximum atomic E-state index is 13.3. The molecule has 0 spiro atoms. The zero-order valence-electron chi connectivity index (χ0n) is 16.0. The van der Waals surface area contributed by atoms with Crippen molar-refractivity contribution in [3.63, 3.8) is 0 Å². The smallest absolute Gasteiger partial charge is 0.224 e. The summed E-state index contributed by atoms with van der Waals surface area (Å²) in [7, 11) is 1.73. The van der Waals surface area contributed by atoms with E-state index < -0.39 is 0 Å². The van der Waals surface area contributed by atoms with Gasteiger partial charge in [-0.05, 0) is 38.3 Å². The summed E-state index contributed by atoms with van der Waals surface area (Å²) in [6, 6.07) is 9.75. The van der Waals surface area contributed by atoms with E-state index >= 15 is 0 Å². The fraction of sp³-hybridized carbons (Fsp3) is 0.368. The summed E-state index contributed by atoms with van der Waals surface area (Å²) in [4.78, 5) is 8.50. The third-order valence-corrected chi connectivity index (χ3v) is 5.01. The number of benzene rings is 1. The van der Waals surface area contributed by atoms with Crippen LogP contribution in [-0.4, -0.2) is 35.5 Å². The second kappa shape index (κ2) is 11.3. The van der Waals surface area contributed by atoms with Crippen LogP contribution >= 0.6 is 35.7 Å². The van der Waals surface area contributed by atoms with Crippen molar-refractivity contribution >= 4 is 41.7 Å². The normalized spacial score (nSPS) is 11.5. The van der Waals surface area contributed by atoms with Gasteiger partial charge >= 0.3 is 0 Å². The van der Waals surface area contributed by atoms with Gasteiger partial charge in [0, 0.05) is 42.7 Å². The topological polar surface area (TPSA) is 58.5 Å². The van der Waals surface area contributed by atoms with Gasteiger partial charge in [0.2, 0.25) is 5.88 Å². The van der Waals surface area contributed by atoms with Crippen molar-refractivity contribution in [2.45, 2.75) is 25.1 Å². The van der Waals surface area contributed by atoms with E-state index in [1.54, 1.807) is 37.1 Å². The van der Waals surface area contributed by atoms with Crippen molar-refractivity contribution in [2.24, 2.45) is 4.99 Å². The molecule has 148 valence electrons. The predicted octanol–water partition coefficient (Wildman–Crippen LogP) is 4.44. The fourth-order valence-corrected chi connectivity index (χ4v) is 2.28. The van der Waals surface area contributed by atoms with Gasteiger partial charge in [0.1, 0.15) is 11.6 Å². The van der Waals surface area contributed by atoms with E-state index in [1.165, 1.54) is 12.1 Å².